The third kappa shape index (κ3) is 2.42. The van der Waals surface area contributed by atoms with Gasteiger partial charge in [0.05, 0.1) is 31.8 Å². The average Bonchev–Trinajstić information content (AvgIpc) is 3.24. The van der Waals surface area contributed by atoms with Crippen LogP contribution in [-0.2, 0) is 6.54 Å². The minimum absolute atomic E-state index is 0.0211. The summed E-state index contributed by atoms with van der Waals surface area (Å²) < 4.78 is 14.4. The summed E-state index contributed by atoms with van der Waals surface area (Å²) in [6, 6.07) is 13.1. The molecule has 126 valence electrons. The van der Waals surface area contributed by atoms with E-state index in [4.69, 9.17) is 9.47 Å². The largest absolute Gasteiger partial charge is 0.493 e. The SMILES string of the molecule is COc1ccc(C(=O)Cn2c3ccccc3n3ccnc23)cc1OC. The lowest BCUT2D eigenvalue weighted by Gasteiger charge is -2.10. The van der Waals surface area contributed by atoms with Crippen LogP contribution in [0.15, 0.2) is 54.9 Å². The predicted molar refractivity (Wildman–Crippen MR) is 94.6 cm³/mol. The zero-order valence-electron chi connectivity index (χ0n) is 14.0. The number of carbonyl (C=O) groups excluding carboxylic acids is 1. The van der Waals surface area contributed by atoms with Gasteiger partial charge in [0.25, 0.3) is 0 Å². The summed E-state index contributed by atoms with van der Waals surface area (Å²) >= 11 is 0. The van der Waals surface area contributed by atoms with Crippen molar-refractivity contribution in [3.63, 3.8) is 0 Å². The van der Waals surface area contributed by atoms with E-state index in [-0.39, 0.29) is 12.3 Å². The molecule has 0 aliphatic heterocycles. The van der Waals surface area contributed by atoms with Gasteiger partial charge in [-0.3, -0.25) is 9.20 Å². The Balaban J connectivity index is 1.76. The van der Waals surface area contributed by atoms with Crippen LogP contribution in [0.5, 0.6) is 11.5 Å². The Morgan fingerprint density at radius 2 is 1.80 bits per heavy atom. The van der Waals surface area contributed by atoms with Gasteiger partial charge in [-0.2, -0.15) is 0 Å². The molecule has 4 rings (SSSR count). The van der Waals surface area contributed by atoms with E-state index in [0.29, 0.717) is 17.1 Å². The summed E-state index contributed by atoms with van der Waals surface area (Å²) in [5, 5.41) is 0. The highest BCUT2D eigenvalue weighted by Crippen LogP contribution is 2.28. The number of hydrogen-bond acceptors (Lipinski definition) is 4. The number of aromatic nitrogens is 3. The van der Waals surface area contributed by atoms with Gasteiger partial charge in [0.15, 0.2) is 17.3 Å². The van der Waals surface area contributed by atoms with Crippen molar-refractivity contribution in [3.05, 3.63) is 60.4 Å². The number of para-hydroxylation sites is 2. The molecule has 0 N–H and O–H groups in total. The molecule has 0 bridgehead atoms. The van der Waals surface area contributed by atoms with Crippen LogP contribution in [0.3, 0.4) is 0 Å². The van der Waals surface area contributed by atoms with Crippen LogP contribution < -0.4 is 9.47 Å². The summed E-state index contributed by atoms with van der Waals surface area (Å²) in [4.78, 5) is 17.2. The Labute approximate surface area is 144 Å². The predicted octanol–water partition coefficient (Wildman–Crippen LogP) is 3.19. The monoisotopic (exact) mass is 335 g/mol. The van der Waals surface area contributed by atoms with Gasteiger partial charge in [0.1, 0.15) is 0 Å². The van der Waals surface area contributed by atoms with Crippen LogP contribution >= 0.6 is 0 Å². The van der Waals surface area contributed by atoms with E-state index in [2.05, 4.69) is 4.98 Å². The standard InChI is InChI=1S/C19H17N3O3/c1-24-17-8-7-13(11-18(17)25-2)16(23)12-22-15-6-4-3-5-14(15)21-10-9-20-19(21)22/h3-11H,12H2,1-2H3. The van der Waals surface area contributed by atoms with Crippen molar-refractivity contribution in [1.82, 2.24) is 14.0 Å². The molecule has 0 saturated carbocycles. The molecule has 2 aromatic heterocycles. The molecule has 25 heavy (non-hydrogen) atoms. The van der Waals surface area contributed by atoms with Gasteiger partial charge in [-0.25, -0.2) is 4.98 Å². The molecule has 6 heteroatoms. The van der Waals surface area contributed by atoms with E-state index in [1.807, 2.05) is 39.4 Å². The first kappa shape index (κ1) is 15.3. The first-order valence-corrected chi connectivity index (χ1v) is 7.88. The molecule has 4 aromatic rings. The van der Waals surface area contributed by atoms with Gasteiger partial charge in [-0.1, -0.05) is 12.1 Å². The second-order valence-corrected chi connectivity index (χ2v) is 5.67. The van der Waals surface area contributed by atoms with Crippen LogP contribution in [-0.4, -0.2) is 34.0 Å². The second-order valence-electron chi connectivity index (χ2n) is 5.67. The van der Waals surface area contributed by atoms with E-state index in [1.165, 1.54) is 0 Å². The lowest BCUT2D eigenvalue weighted by atomic mass is 10.1. The Morgan fingerprint density at radius 1 is 1.04 bits per heavy atom. The first-order valence-electron chi connectivity index (χ1n) is 7.88. The number of Topliss-reactive ketones (excluding diaryl/α,β-unsaturated/α-hetero) is 1. The fourth-order valence-corrected chi connectivity index (χ4v) is 3.09. The fourth-order valence-electron chi connectivity index (χ4n) is 3.09. The summed E-state index contributed by atoms with van der Waals surface area (Å²) in [6.07, 6.45) is 3.63. The second kappa shape index (κ2) is 5.98. The van der Waals surface area contributed by atoms with E-state index in [9.17, 15) is 4.79 Å². The molecule has 0 saturated heterocycles. The fraction of sp³-hybridized carbons (Fsp3) is 0.158. The van der Waals surface area contributed by atoms with Gasteiger partial charge >= 0.3 is 0 Å². The molecule has 0 unspecified atom stereocenters. The zero-order valence-corrected chi connectivity index (χ0v) is 14.0. The van der Waals surface area contributed by atoms with Crippen molar-refractivity contribution in [2.45, 2.75) is 6.54 Å². The van der Waals surface area contributed by atoms with Crippen LogP contribution in [0.1, 0.15) is 10.4 Å². The summed E-state index contributed by atoms with van der Waals surface area (Å²) in [6.45, 7) is 0.198. The Bertz CT molecular complexity index is 1080. The number of methoxy groups -OCH3 is 2. The third-order valence-electron chi connectivity index (χ3n) is 4.30. The number of hydrogen-bond donors (Lipinski definition) is 0. The van der Waals surface area contributed by atoms with Crippen LogP contribution in [0.25, 0.3) is 16.8 Å². The maximum atomic E-state index is 12.8. The molecular weight excluding hydrogens is 318 g/mol. The normalized spacial score (nSPS) is 11.1. The van der Waals surface area contributed by atoms with Crippen LogP contribution in [0, 0.1) is 0 Å². The van der Waals surface area contributed by atoms with E-state index >= 15 is 0 Å². The highest BCUT2D eigenvalue weighted by Gasteiger charge is 2.16. The van der Waals surface area contributed by atoms with Gasteiger partial charge in [-0.05, 0) is 30.3 Å². The minimum Gasteiger partial charge on any atom is -0.493 e. The van der Waals surface area contributed by atoms with Crippen molar-refractivity contribution >= 4 is 22.6 Å². The molecule has 2 heterocycles. The van der Waals surface area contributed by atoms with Crippen molar-refractivity contribution in [1.29, 1.82) is 0 Å². The molecule has 2 aromatic carbocycles. The number of benzene rings is 2. The van der Waals surface area contributed by atoms with Crippen LogP contribution in [0.4, 0.5) is 0 Å². The topological polar surface area (TPSA) is 57.8 Å². The summed E-state index contributed by atoms with van der Waals surface area (Å²) in [5.74, 6) is 1.86. The van der Waals surface area contributed by atoms with Crippen LogP contribution in [0.2, 0.25) is 0 Å². The molecule has 0 aliphatic rings. The van der Waals surface area contributed by atoms with E-state index < -0.39 is 0 Å². The molecule has 0 aliphatic carbocycles. The number of rotatable bonds is 5. The van der Waals surface area contributed by atoms with Crippen molar-refractivity contribution in [3.8, 4) is 11.5 Å². The number of nitrogens with zero attached hydrogens (tertiary/aromatic N) is 3. The van der Waals surface area contributed by atoms with E-state index in [0.717, 1.165) is 16.8 Å². The number of carbonyl (C=O) groups is 1. The molecular formula is C19H17N3O3. The molecule has 0 fully saturated rings. The van der Waals surface area contributed by atoms with Gasteiger partial charge in [0, 0.05) is 18.0 Å². The average molecular weight is 335 g/mol. The number of ether oxygens (including phenoxy) is 2. The number of ketones is 1. The Kier molecular flexibility index (Phi) is 3.65. The Morgan fingerprint density at radius 3 is 2.56 bits per heavy atom. The van der Waals surface area contributed by atoms with Gasteiger partial charge in [0.2, 0.25) is 5.78 Å². The summed E-state index contributed by atoms with van der Waals surface area (Å²) in [5.41, 5.74) is 2.56. The smallest absolute Gasteiger partial charge is 0.215 e. The lowest BCUT2D eigenvalue weighted by molar-refractivity contribution is 0.0974. The highest BCUT2D eigenvalue weighted by atomic mass is 16.5. The number of imidazole rings is 2. The van der Waals surface area contributed by atoms with Crippen molar-refractivity contribution in [2.24, 2.45) is 0 Å². The first-order chi connectivity index (χ1) is 12.2. The molecule has 6 nitrogen and oxygen atoms in total. The molecule has 0 atom stereocenters. The van der Waals surface area contributed by atoms with Gasteiger partial charge < -0.3 is 14.0 Å². The van der Waals surface area contributed by atoms with Crippen molar-refractivity contribution < 1.29 is 14.3 Å². The Hall–Kier alpha value is -3.28. The quantitative estimate of drug-likeness (QED) is 0.526. The van der Waals surface area contributed by atoms with Crippen molar-refractivity contribution in [2.75, 3.05) is 14.2 Å². The van der Waals surface area contributed by atoms with E-state index in [1.54, 1.807) is 38.6 Å². The number of fused-ring (bicyclic) bond motifs is 3. The minimum atomic E-state index is -0.0211. The lowest BCUT2D eigenvalue weighted by Crippen LogP contribution is -2.11. The molecule has 0 radical (unpaired) electrons. The van der Waals surface area contributed by atoms with Gasteiger partial charge in [-0.15, -0.1) is 0 Å². The third-order valence-corrected chi connectivity index (χ3v) is 4.30. The molecule has 0 amide bonds. The summed E-state index contributed by atoms with van der Waals surface area (Å²) in [7, 11) is 3.12. The maximum absolute atomic E-state index is 12.8. The maximum Gasteiger partial charge on any atom is 0.215 e. The highest BCUT2D eigenvalue weighted by molar-refractivity contribution is 5.98. The molecule has 0 spiro atoms. The zero-order chi connectivity index (χ0) is 17.4.